The molecule has 84 valence electrons. The predicted molar refractivity (Wildman–Crippen MR) is 60.0 cm³/mol. The molecule has 0 unspecified atom stereocenters. The highest BCUT2D eigenvalue weighted by Gasteiger charge is 1.97. The molecule has 0 aromatic heterocycles. The topological polar surface area (TPSA) is 154 Å². The number of benzene rings is 1. The van der Waals surface area contributed by atoms with Crippen LogP contribution >= 0.6 is 0 Å². The first-order valence-electron chi connectivity index (χ1n) is 4.37. The fourth-order valence-corrected chi connectivity index (χ4v) is 0.869. The number of anilines is 1. The zero-order chi connectivity index (χ0) is 12.0. The van der Waals surface area contributed by atoms with Gasteiger partial charge in [0, 0.05) is 0 Å². The van der Waals surface area contributed by atoms with Crippen LogP contribution in [0.15, 0.2) is 34.5 Å². The Morgan fingerprint density at radius 1 is 1.19 bits per heavy atom. The van der Waals surface area contributed by atoms with Crippen molar-refractivity contribution in [1.82, 2.24) is 0 Å². The van der Waals surface area contributed by atoms with Gasteiger partial charge in [0.15, 0.2) is 0 Å². The molecule has 0 radical (unpaired) electrons. The van der Waals surface area contributed by atoms with E-state index in [0.717, 1.165) is 5.69 Å². The van der Waals surface area contributed by atoms with Crippen LogP contribution in [0.25, 0.3) is 0 Å². The molecule has 1 aromatic rings. The maximum absolute atomic E-state index is 5.18. The first kappa shape index (κ1) is 11.4. The second-order valence-electron chi connectivity index (χ2n) is 2.87. The van der Waals surface area contributed by atoms with Gasteiger partial charge < -0.3 is 11.5 Å². The number of hydrogen-bond donors (Lipinski definition) is 6. The summed E-state index contributed by atoms with van der Waals surface area (Å²) in [7, 11) is 0. The quantitative estimate of drug-likeness (QED) is 0.136. The summed E-state index contributed by atoms with van der Waals surface area (Å²) in [6.45, 7) is 0. The molecule has 0 heterocycles. The number of hydrogen-bond acceptors (Lipinski definition) is 3. The predicted octanol–water partition coefficient (Wildman–Crippen LogP) is -3.47. The number of nitrogens with zero attached hydrogens (tertiary/aromatic N) is 2. The average Bonchev–Trinajstić information content (AvgIpc) is 2.25. The third-order valence-corrected chi connectivity index (χ3v) is 1.50. The summed E-state index contributed by atoms with van der Waals surface area (Å²) in [5.74, 6) is -0.0105. The van der Waals surface area contributed by atoms with E-state index in [-0.39, 0.29) is 11.9 Å². The first-order valence-corrected chi connectivity index (χ1v) is 4.37. The van der Waals surface area contributed by atoms with Crippen molar-refractivity contribution >= 4 is 23.3 Å². The second-order valence-corrected chi connectivity index (χ2v) is 2.87. The molecular formula is C8H14N8+2. The summed E-state index contributed by atoms with van der Waals surface area (Å²) >= 11 is 0. The first-order chi connectivity index (χ1) is 7.58. The lowest BCUT2D eigenvalue weighted by Crippen LogP contribution is -2.83. The molecule has 10 N–H and O–H groups in total. The second kappa shape index (κ2) is 5.29. The van der Waals surface area contributed by atoms with Crippen LogP contribution in [0.2, 0.25) is 0 Å². The summed E-state index contributed by atoms with van der Waals surface area (Å²) in [5.41, 5.74) is 19.6. The van der Waals surface area contributed by atoms with Crippen molar-refractivity contribution in [3.8, 4) is 0 Å². The van der Waals surface area contributed by atoms with Crippen LogP contribution in [0.4, 0.5) is 11.4 Å². The minimum Gasteiger partial charge on any atom is -0.369 e. The van der Waals surface area contributed by atoms with Crippen molar-refractivity contribution in [2.45, 2.75) is 0 Å². The molecule has 0 aliphatic rings. The molecule has 0 saturated carbocycles. The largest absolute Gasteiger partial charge is 0.534 e. The van der Waals surface area contributed by atoms with Gasteiger partial charge in [-0.15, -0.1) is 5.10 Å². The number of nitrogens with one attached hydrogen (secondary N) is 2. The van der Waals surface area contributed by atoms with E-state index in [0.29, 0.717) is 5.69 Å². The molecule has 1 rings (SSSR count). The maximum Gasteiger partial charge on any atom is 0.534 e. The highest BCUT2D eigenvalue weighted by molar-refractivity contribution is 5.76. The van der Waals surface area contributed by atoms with Crippen molar-refractivity contribution in [3.63, 3.8) is 0 Å². The van der Waals surface area contributed by atoms with E-state index < -0.39 is 0 Å². The Balaban J connectivity index is 2.68. The van der Waals surface area contributed by atoms with Gasteiger partial charge in [0.25, 0.3) is 0 Å². The minimum atomic E-state index is -0.0408. The van der Waals surface area contributed by atoms with Crippen molar-refractivity contribution < 1.29 is 10.5 Å². The van der Waals surface area contributed by atoms with Crippen LogP contribution in [-0.2, 0) is 0 Å². The fraction of sp³-hybridized carbons (Fsp3) is 0. The lowest BCUT2D eigenvalue weighted by Gasteiger charge is -1.99. The maximum atomic E-state index is 5.18. The summed E-state index contributed by atoms with van der Waals surface area (Å²) < 4.78 is 0. The average molecular weight is 222 g/mol. The van der Waals surface area contributed by atoms with Gasteiger partial charge in [-0.05, 0) is 24.3 Å². The molecule has 16 heavy (non-hydrogen) atoms. The van der Waals surface area contributed by atoms with Gasteiger partial charge in [-0.2, -0.15) is 0 Å². The molecule has 0 aliphatic heterocycles. The molecular weight excluding hydrogens is 208 g/mol. The van der Waals surface area contributed by atoms with Gasteiger partial charge in [-0.25, -0.2) is 11.1 Å². The normalized spacial score (nSPS) is 10.0. The van der Waals surface area contributed by atoms with Crippen LogP contribution < -0.4 is 33.2 Å². The summed E-state index contributed by atoms with van der Waals surface area (Å²) in [5, 5.41) is 15.1. The number of azo groups is 1. The summed E-state index contributed by atoms with van der Waals surface area (Å²) in [6.07, 6.45) is 0. The van der Waals surface area contributed by atoms with Crippen molar-refractivity contribution in [2.75, 3.05) is 5.43 Å². The third kappa shape index (κ3) is 4.05. The molecule has 0 bridgehead atoms. The fourth-order valence-electron chi connectivity index (χ4n) is 0.869. The Kier molecular flexibility index (Phi) is 3.78. The molecule has 8 heteroatoms. The molecule has 0 aliphatic carbocycles. The lowest BCUT2D eigenvalue weighted by molar-refractivity contribution is -0.442. The van der Waals surface area contributed by atoms with Gasteiger partial charge in [-0.1, -0.05) is 10.2 Å². The van der Waals surface area contributed by atoms with Crippen LogP contribution in [0, 0.1) is 0 Å². The van der Waals surface area contributed by atoms with Crippen LogP contribution in [0.1, 0.15) is 0 Å². The van der Waals surface area contributed by atoms with Gasteiger partial charge in [0.05, 0.1) is 5.69 Å². The number of guanidine groups is 2. The summed E-state index contributed by atoms with van der Waals surface area (Å²) in [6, 6.07) is 6.97. The van der Waals surface area contributed by atoms with E-state index in [9.17, 15) is 0 Å². The van der Waals surface area contributed by atoms with Gasteiger partial charge >= 0.3 is 5.96 Å². The minimum absolute atomic E-state index is 0.0303. The highest BCUT2D eigenvalue weighted by atomic mass is 15.3. The van der Waals surface area contributed by atoms with Crippen molar-refractivity contribution in [3.05, 3.63) is 24.3 Å². The van der Waals surface area contributed by atoms with E-state index in [1.54, 1.807) is 24.3 Å². The Hall–Kier alpha value is -2.64. The number of rotatable bonds is 3. The Morgan fingerprint density at radius 3 is 2.31 bits per heavy atom. The van der Waals surface area contributed by atoms with E-state index in [1.165, 1.54) is 0 Å². The van der Waals surface area contributed by atoms with Gasteiger partial charge in [0.2, 0.25) is 5.96 Å². The van der Waals surface area contributed by atoms with E-state index in [1.807, 2.05) is 0 Å². The van der Waals surface area contributed by atoms with Gasteiger partial charge in [-0.3, -0.25) is 5.43 Å². The molecule has 0 amide bonds. The van der Waals surface area contributed by atoms with Crippen LogP contribution in [0.5, 0.6) is 0 Å². The smallest absolute Gasteiger partial charge is 0.369 e. The molecule has 1 aromatic carbocycles. The van der Waals surface area contributed by atoms with Crippen molar-refractivity contribution in [1.29, 1.82) is 0 Å². The number of hydrazone groups is 1. The van der Waals surface area contributed by atoms with Crippen LogP contribution in [-0.4, -0.2) is 11.9 Å². The Morgan fingerprint density at radius 2 is 1.81 bits per heavy atom. The van der Waals surface area contributed by atoms with E-state index in [4.69, 9.17) is 22.6 Å². The molecule has 8 nitrogen and oxygen atoms in total. The molecule has 0 spiro atoms. The lowest BCUT2D eigenvalue weighted by atomic mass is 10.3. The number of nitrogens with two attached hydrogens (primary N) is 4. The molecule has 0 saturated heterocycles. The SMILES string of the molecule is NC(=[NH2+])[NH+]=Nc1ccc(NN=C(N)N)cc1. The van der Waals surface area contributed by atoms with E-state index >= 15 is 0 Å². The van der Waals surface area contributed by atoms with E-state index in [2.05, 4.69) is 20.8 Å². The zero-order valence-corrected chi connectivity index (χ0v) is 8.51. The molecule has 0 atom stereocenters. The summed E-state index contributed by atoms with van der Waals surface area (Å²) in [4.78, 5) is 0. The van der Waals surface area contributed by atoms with Crippen LogP contribution in [0.3, 0.4) is 0 Å². The highest BCUT2D eigenvalue weighted by Crippen LogP contribution is 2.14. The Bertz CT molecular complexity index is 414. The van der Waals surface area contributed by atoms with Gasteiger partial charge in [0.1, 0.15) is 5.69 Å². The third-order valence-electron chi connectivity index (χ3n) is 1.50. The monoisotopic (exact) mass is 222 g/mol. The standard InChI is InChI=1S/C8H12N8/c9-7(10)15-13-5-1-2-6(4-3-5)14-16-8(11)12/h1-4,13H,(H3,11,12)(H4,9,10,15)/p+2. The van der Waals surface area contributed by atoms with Crippen molar-refractivity contribution in [2.24, 2.45) is 27.4 Å². The Labute approximate surface area is 91.7 Å². The molecule has 0 fully saturated rings. The zero-order valence-electron chi connectivity index (χ0n) is 8.51.